The van der Waals surface area contributed by atoms with Gasteiger partial charge in [0.1, 0.15) is 0 Å². The molecule has 0 N–H and O–H groups in total. The number of rotatable bonds is 4. The van der Waals surface area contributed by atoms with Crippen molar-refractivity contribution in [3.8, 4) is 11.1 Å². The highest BCUT2D eigenvalue weighted by Gasteiger charge is 2.38. The standard InChI is InChI=1S/C45H34N2S.C10H16S.C8H10.C2H6/c1-27-23-24-34-35(25-27)45(2,3)36-26-40(28-13-5-6-16-31(28)42(34)36)47(39-21-12-18-33-30-15-8-10-22-41(30)48-44(33)39)38-20-11-17-32-29-14-7-9-19-37(29)46(4)43(32)38;1-9-5-7-10(8-6-9)11(2,3)4;1-7-3-5-8(2)6-4-7;1-2/h5-26H,1-4H3;5-8H,1-4H3;3-6H,1-2H3;1-2H3. The van der Waals surface area contributed by atoms with Crippen molar-refractivity contribution in [3.05, 3.63) is 215 Å². The summed E-state index contributed by atoms with van der Waals surface area (Å²) in [6.07, 6.45) is 6.95. The maximum Gasteiger partial charge on any atom is 0.0733 e. The van der Waals surface area contributed by atoms with Crippen LogP contribution in [-0.2, 0) is 12.5 Å². The lowest BCUT2D eigenvalue weighted by atomic mass is 9.81. The molecule has 1 aliphatic carbocycles. The molecule has 0 atom stereocenters. The van der Waals surface area contributed by atoms with Crippen LogP contribution in [0.1, 0.15) is 61.1 Å². The molecular formula is C65H66N2S2. The van der Waals surface area contributed by atoms with Gasteiger partial charge in [-0.15, -0.1) is 11.3 Å². The topological polar surface area (TPSA) is 8.17 Å². The summed E-state index contributed by atoms with van der Waals surface area (Å²) in [6, 6.07) is 67.2. The van der Waals surface area contributed by atoms with Gasteiger partial charge >= 0.3 is 0 Å². The molecule has 2 aromatic heterocycles. The van der Waals surface area contributed by atoms with Crippen molar-refractivity contribution >= 4 is 91.2 Å². The Kier molecular flexibility index (Phi) is 13.1. The predicted molar refractivity (Wildman–Crippen MR) is 310 cm³/mol. The summed E-state index contributed by atoms with van der Waals surface area (Å²) in [5.74, 6) is 0. The molecule has 0 bridgehead atoms. The van der Waals surface area contributed by atoms with Crippen LogP contribution in [-0.4, -0.2) is 23.3 Å². The number of nitrogens with zero attached hydrogens (tertiary/aromatic N) is 2. The van der Waals surface area contributed by atoms with E-state index in [1.54, 1.807) is 0 Å². The highest BCUT2D eigenvalue weighted by atomic mass is 32.3. The second-order valence-corrected chi connectivity index (χ2v) is 24.9. The van der Waals surface area contributed by atoms with E-state index in [0.29, 0.717) is 0 Å². The third-order valence-electron chi connectivity index (χ3n) is 13.8. The third kappa shape index (κ3) is 8.75. The van der Waals surface area contributed by atoms with Crippen LogP contribution in [0.4, 0.5) is 17.1 Å². The predicted octanol–water partition coefficient (Wildman–Crippen LogP) is 19.3. The summed E-state index contributed by atoms with van der Waals surface area (Å²) in [4.78, 5) is 4.06. The SMILES string of the molecule is CC.Cc1ccc(C)cc1.Cc1ccc(S(C)(C)C)cc1.Cc1ccc2c(c1)C(C)(C)c1cc(N(c3cccc4c3sc3ccccc34)c3cccc4c5ccccc5n(C)c34)c3ccccc3c1-2. The van der Waals surface area contributed by atoms with Crippen LogP contribution in [0.3, 0.4) is 0 Å². The highest BCUT2D eigenvalue weighted by Crippen LogP contribution is 2.56. The maximum absolute atomic E-state index is 2.58. The Bertz CT molecular complexity index is 3620. The highest BCUT2D eigenvalue weighted by molar-refractivity contribution is 8.32. The van der Waals surface area contributed by atoms with Crippen molar-refractivity contribution in [2.45, 2.75) is 65.7 Å². The number of thiophene rings is 1. The molecule has 69 heavy (non-hydrogen) atoms. The molecular weight excluding hydrogens is 873 g/mol. The van der Waals surface area contributed by atoms with Gasteiger partial charge in [0.2, 0.25) is 0 Å². The van der Waals surface area contributed by atoms with E-state index in [9.17, 15) is 0 Å². The van der Waals surface area contributed by atoms with Crippen LogP contribution in [0, 0.1) is 27.7 Å². The minimum Gasteiger partial charge on any atom is -0.342 e. The van der Waals surface area contributed by atoms with E-state index in [-0.39, 0.29) is 5.41 Å². The summed E-state index contributed by atoms with van der Waals surface area (Å²) < 4.78 is 5.00. The van der Waals surface area contributed by atoms with Crippen molar-refractivity contribution < 1.29 is 0 Å². The molecule has 12 rings (SSSR count). The number of aryl methyl sites for hydroxylation is 5. The Hall–Kier alpha value is -6.59. The number of anilines is 3. The minimum absolute atomic E-state index is 0.142. The quantitative estimate of drug-likeness (QED) is 0.171. The molecule has 0 unspecified atom stereocenters. The Balaban J connectivity index is 0.000000235. The third-order valence-corrected chi connectivity index (χ3v) is 16.7. The fourth-order valence-electron chi connectivity index (χ4n) is 10.1. The summed E-state index contributed by atoms with van der Waals surface area (Å²) in [5, 5.41) is 7.73. The van der Waals surface area contributed by atoms with Gasteiger partial charge in [-0.1, -0.05) is 189 Å². The minimum atomic E-state index is -0.520. The van der Waals surface area contributed by atoms with Crippen molar-refractivity contribution in [1.82, 2.24) is 4.57 Å². The van der Waals surface area contributed by atoms with Gasteiger partial charge in [-0.2, -0.15) is 0 Å². The summed E-state index contributed by atoms with van der Waals surface area (Å²) in [5.41, 5.74) is 16.8. The normalized spacial score (nSPS) is 12.7. The van der Waals surface area contributed by atoms with Crippen molar-refractivity contribution in [2.24, 2.45) is 7.05 Å². The van der Waals surface area contributed by atoms with Gasteiger partial charge < -0.3 is 9.47 Å². The molecule has 0 fully saturated rings. The molecule has 1 aliphatic rings. The lowest BCUT2D eigenvalue weighted by Gasteiger charge is -2.31. The van der Waals surface area contributed by atoms with E-state index in [1.165, 1.54) is 119 Å². The second-order valence-electron chi connectivity index (χ2n) is 19.7. The Morgan fingerprint density at radius 1 is 0.464 bits per heavy atom. The van der Waals surface area contributed by atoms with Crippen LogP contribution >= 0.6 is 21.4 Å². The van der Waals surface area contributed by atoms with Crippen LogP contribution in [0.5, 0.6) is 0 Å². The molecule has 0 spiro atoms. The molecule has 0 saturated heterocycles. The monoisotopic (exact) mass is 938 g/mol. The zero-order chi connectivity index (χ0) is 48.8. The Labute approximate surface area is 416 Å². The Morgan fingerprint density at radius 2 is 0.986 bits per heavy atom. The summed E-state index contributed by atoms with van der Waals surface area (Å²) in [6.45, 7) is 17.3. The average Bonchev–Trinajstić information content (AvgIpc) is 3.96. The molecule has 2 heterocycles. The van der Waals surface area contributed by atoms with Crippen molar-refractivity contribution in [1.29, 1.82) is 0 Å². The molecule has 0 amide bonds. The summed E-state index contributed by atoms with van der Waals surface area (Å²) in [7, 11) is 1.70. The van der Waals surface area contributed by atoms with Crippen LogP contribution in [0.25, 0.3) is 63.9 Å². The van der Waals surface area contributed by atoms with Gasteiger partial charge in [0.05, 0.1) is 27.3 Å². The molecule has 0 aliphatic heterocycles. The van der Waals surface area contributed by atoms with Crippen LogP contribution in [0.15, 0.2) is 187 Å². The van der Waals surface area contributed by atoms with E-state index in [2.05, 4.69) is 259 Å². The number of hydrogen-bond donors (Lipinski definition) is 0. The molecule has 0 saturated carbocycles. The summed E-state index contributed by atoms with van der Waals surface area (Å²) >= 11 is 1.89. The number of aromatic nitrogens is 1. The average molecular weight is 939 g/mol. The van der Waals surface area contributed by atoms with E-state index in [1.807, 2.05) is 25.2 Å². The molecule has 2 nitrogen and oxygen atoms in total. The van der Waals surface area contributed by atoms with Crippen LogP contribution < -0.4 is 4.90 Å². The lowest BCUT2D eigenvalue weighted by molar-refractivity contribution is 0.660. The molecule has 0 radical (unpaired) electrons. The molecule has 348 valence electrons. The first kappa shape index (κ1) is 47.5. The van der Waals surface area contributed by atoms with E-state index >= 15 is 0 Å². The molecule has 11 aromatic rings. The largest absolute Gasteiger partial charge is 0.342 e. The van der Waals surface area contributed by atoms with Crippen molar-refractivity contribution in [3.63, 3.8) is 0 Å². The molecule has 4 heteroatoms. The van der Waals surface area contributed by atoms with Gasteiger partial charge in [-0.25, -0.2) is 10.0 Å². The lowest BCUT2D eigenvalue weighted by Crippen LogP contribution is -2.17. The number of para-hydroxylation sites is 2. The first-order chi connectivity index (χ1) is 33.2. The van der Waals surface area contributed by atoms with Gasteiger partial charge in [0, 0.05) is 49.6 Å². The second kappa shape index (κ2) is 19.1. The maximum atomic E-state index is 2.58. The smallest absolute Gasteiger partial charge is 0.0733 e. The number of hydrogen-bond acceptors (Lipinski definition) is 2. The van der Waals surface area contributed by atoms with Gasteiger partial charge in [0.15, 0.2) is 0 Å². The van der Waals surface area contributed by atoms with E-state index in [4.69, 9.17) is 0 Å². The first-order valence-corrected chi connectivity index (χ1v) is 28.0. The zero-order valence-corrected chi connectivity index (χ0v) is 44.2. The van der Waals surface area contributed by atoms with E-state index < -0.39 is 10.0 Å². The van der Waals surface area contributed by atoms with E-state index in [0.717, 1.165) is 0 Å². The number of benzene rings is 9. The van der Waals surface area contributed by atoms with Crippen molar-refractivity contribution in [2.75, 3.05) is 23.7 Å². The van der Waals surface area contributed by atoms with Crippen LogP contribution in [0.2, 0.25) is 0 Å². The zero-order valence-electron chi connectivity index (χ0n) is 42.5. The van der Waals surface area contributed by atoms with Gasteiger partial charge in [-0.3, -0.25) is 0 Å². The Morgan fingerprint density at radius 3 is 1.64 bits per heavy atom. The number of fused-ring (bicyclic) bond motifs is 11. The molecule has 9 aromatic carbocycles. The fourth-order valence-corrected chi connectivity index (χ4v) is 12.3. The van der Waals surface area contributed by atoms with Gasteiger partial charge in [0.25, 0.3) is 0 Å². The fraction of sp³-hybridized carbons (Fsp3) is 0.200. The first-order valence-electron chi connectivity index (χ1n) is 24.3. The van der Waals surface area contributed by atoms with Gasteiger partial charge in [-0.05, 0) is 121 Å².